The lowest BCUT2D eigenvalue weighted by Crippen LogP contribution is -2.23. The third kappa shape index (κ3) is 5.67. The lowest BCUT2D eigenvalue weighted by Gasteiger charge is -2.13. The molecule has 21 heavy (non-hydrogen) atoms. The largest absolute Gasteiger partial charge is 0.491 e. The monoisotopic (exact) mass is 370 g/mol. The third-order valence-electron chi connectivity index (χ3n) is 2.78. The van der Waals surface area contributed by atoms with E-state index in [1.807, 2.05) is 48.5 Å². The van der Waals surface area contributed by atoms with Crippen LogP contribution in [0.4, 0.5) is 0 Å². The summed E-state index contributed by atoms with van der Waals surface area (Å²) in [5, 5.41) is 10.5. The number of hydrogen-bond donors (Lipinski definition) is 1. The molecule has 0 aliphatic heterocycles. The zero-order chi connectivity index (χ0) is 15.1. The van der Waals surface area contributed by atoms with Gasteiger partial charge in [0.25, 0.3) is 0 Å². The maximum absolute atomic E-state index is 9.82. The molecule has 2 aromatic rings. The SMILES string of the molecule is OC(COCc1ccccc1Cl)COc1ccc(Br)cc1. The second-order valence-corrected chi connectivity index (χ2v) is 5.85. The zero-order valence-electron chi connectivity index (χ0n) is 11.3. The summed E-state index contributed by atoms with van der Waals surface area (Å²) in [7, 11) is 0. The molecule has 0 aromatic heterocycles. The molecule has 0 saturated heterocycles. The summed E-state index contributed by atoms with van der Waals surface area (Å²) < 4.78 is 11.9. The van der Waals surface area contributed by atoms with Crippen molar-refractivity contribution in [3.05, 3.63) is 63.6 Å². The lowest BCUT2D eigenvalue weighted by molar-refractivity contribution is 0.00551. The first kappa shape index (κ1) is 16.3. The number of halogens is 2. The second kappa shape index (κ2) is 8.39. The van der Waals surface area contributed by atoms with Crippen molar-refractivity contribution in [3.63, 3.8) is 0 Å². The Morgan fingerprint density at radius 2 is 1.76 bits per heavy atom. The zero-order valence-corrected chi connectivity index (χ0v) is 13.7. The van der Waals surface area contributed by atoms with Crippen LogP contribution in [-0.4, -0.2) is 24.4 Å². The van der Waals surface area contributed by atoms with Crippen molar-refractivity contribution < 1.29 is 14.6 Å². The fraction of sp³-hybridized carbons (Fsp3) is 0.250. The van der Waals surface area contributed by atoms with Crippen molar-refractivity contribution in [1.29, 1.82) is 0 Å². The average Bonchev–Trinajstić information content (AvgIpc) is 2.49. The summed E-state index contributed by atoms with van der Waals surface area (Å²) in [5.41, 5.74) is 0.903. The van der Waals surface area contributed by atoms with E-state index in [0.717, 1.165) is 10.0 Å². The number of aliphatic hydroxyl groups is 1. The fourth-order valence-electron chi connectivity index (χ4n) is 1.69. The van der Waals surface area contributed by atoms with Crippen LogP contribution in [0, 0.1) is 0 Å². The lowest BCUT2D eigenvalue weighted by atomic mass is 10.2. The first-order valence-corrected chi connectivity index (χ1v) is 7.70. The van der Waals surface area contributed by atoms with Crippen LogP contribution in [-0.2, 0) is 11.3 Å². The predicted octanol–water partition coefficient (Wildman–Crippen LogP) is 4.06. The molecule has 1 N–H and O–H groups in total. The van der Waals surface area contributed by atoms with E-state index in [0.29, 0.717) is 17.4 Å². The summed E-state index contributed by atoms with van der Waals surface area (Å²) in [6.07, 6.45) is -0.684. The Hall–Kier alpha value is -1.07. The molecular weight excluding hydrogens is 356 g/mol. The molecule has 0 heterocycles. The van der Waals surface area contributed by atoms with Gasteiger partial charge in [0.1, 0.15) is 18.5 Å². The molecule has 0 saturated carbocycles. The number of rotatable bonds is 7. The Labute approximate surface area is 137 Å². The molecule has 1 unspecified atom stereocenters. The van der Waals surface area contributed by atoms with Crippen LogP contribution in [0.1, 0.15) is 5.56 Å². The van der Waals surface area contributed by atoms with Crippen LogP contribution < -0.4 is 4.74 Å². The molecule has 0 amide bonds. The summed E-state index contributed by atoms with van der Waals surface area (Å²) in [6.45, 7) is 0.751. The number of aliphatic hydroxyl groups excluding tert-OH is 1. The molecule has 5 heteroatoms. The predicted molar refractivity (Wildman–Crippen MR) is 86.8 cm³/mol. The van der Waals surface area contributed by atoms with Crippen molar-refractivity contribution in [2.24, 2.45) is 0 Å². The summed E-state index contributed by atoms with van der Waals surface area (Å²) >= 11 is 9.37. The molecule has 112 valence electrons. The van der Waals surface area contributed by atoms with Crippen LogP contribution in [0.5, 0.6) is 5.75 Å². The molecular formula is C16H16BrClO3. The molecule has 3 nitrogen and oxygen atoms in total. The Bertz CT molecular complexity index is 560. The molecule has 0 fully saturated rings. The van der Waals surface area contributed by atoms with Gasteiger partial charge < -0.3 is 14.6 Å². The van der Waals surface area contributed by atoms with Gasteiger partial charge >= 0.3 is 0 Å². The van der Waals surface area contributed by atoms with E-state index in [-0.39, 0.29) is 13.2 Å². The molecule has 0 radical (unpaired) electrons. The number of hydrogen-bond acceptors (Lipinski definition) is 3. The van der Waals surface area contributed by atoms with E-state index in [1.54, 1.807) is 0 Å². The van der Waals surface area contributed by atoms with Crippen molar-refractivity contribution in [2.75, 3.05) is 13.2 Å². The molecule has 2 aromatic carbocycles. The molecule has 0 aliphatic rings. The highest BCUT2D eigenvalue weighted by molar-refractivity contribution is 9.10. The van der Waals surface area contributed by atoms with Crippen molar-refractivity contribution >= 4 is 27.5 Å². The van der Waals surface area contributed by atoms with E-state index < -0.39 is 6.10 Å². The van der Waals surface area contributed by atoms with E-state index in [4.69, 9.17) is 21.1 Å². The maximum Gasteiger partial charge on any atom is 0.119 e. The number of ether oxygens (including phenoxy) is 2. The Kier molecular flexibility index (Phi) is 6.51. The van der Waals surface area contributed by atoms with E-state index >= 15 is 0 Å². The van der Waals surface area contributed by atoms with Crippen molar-refractivity contribution in [1.82, 2.24) is 0 Å². The van der Waals surface area contributed by atoms with Gasteiger partial charge in [-0.15, -0.1) is 0 Å². The molecule has 0 bridgehead atoms. The molecule has 1 atom stereocenters. The first-order chi connectivity index (χ1) is 10.1. The highest BCUT2D eigenvalue weighted by Gasteiger charge is 2.07. The van der Waals surface area contributed by atoms with Gasteiger partial charge in [0.15, 0.2) is 0 Å². The molecule has 0 spiro atoms. The minimum Gasteiger partial charge on any atom is -0.491 e. The average molecular weight is 372 g/mol. The van der Waals surface area contributed by atoms with Crippen LogP contribution in [0.2, 0.25) is 5.02 Å². The maximum atomic E-state index is 9.82. The standard InChI is InChI=1S/C16H16BrClO3/c17-13-5-7-15(8-6-13)21-11-14(19)10-20-9-12-3-1-2-4-16(12)18/h1-8,14,19H,9-11H2. The summed E-state index contributed by atoms with van der Waals surface area (Å²) in [5.74, 6) is 0.711. The summed E-state index contributed by atoms with van der Waals surface area (Å²) in [4.78, 5) is 0. The highest BCUT2D eigenvalue weighted by atomic mass is 79.9. The second-order valence-electron chi connectivity index (χ2n) is 4.53. The topological polar surface area (TPSA) is 38.7 Å². The minimum absolute atomic E-state index is 0.185. The van der Waals surface area contributed by atoms with Gasteiger partial charge in [0, 0.05) is 9.50 Å². The van der Waals surface area contributed by atoms with Crippen LogP contribution in [0.15, 0.2) is 53.0 Å². The van der Waals surface area contributed by atoms with E-state index in [1.165, 1.54) is 0 Å². The smallest absolute Gasteiger partial charge is 0.119 e. The highest BCUT2D eigenvalue weighted by Crippen LogP contribution is 2.17. The Morgan fingerprint density at radius 1 is 1.05 bits per heavy atom. The van der Waals surface area contributed by atoms with Gasteiger partial charge in [-0.05, 0) is 35.9 Å². The van der Waals surface area contributed by atoms with Crippen LogP contribution in [0.25, 0.3) is 0 Å². The molecule has 2 rings (SSSR count). The first-order valence-electron chi connectivity index (χ1n) is 6.53. The van der Waals surface area contributed by atoms with Crippen LogP contribution in [0.3, 0.4) is 0 Å². The summed E-state index contributed by atoms with van der Waals surface area (Å²) in [6, 6.07) is 14.9. The van der Waals surface area contributed by atoms with Gasteiger partial charge in [-0.3, -0.25) is 0 Å². The van der Waals surface area contributed by atoms with Gasteiger partial charge in [0.05, 0.1) is 13.2 Å². The van der Waals surface area contributed by atoms with E-state index in [2.05, 4.69) is 15.9 Å². The third-order valence-corrected chi connectivity index (χ3v) is 3.68. The minimum atomic E-state index is -0.684. The van der Waals surface area contributed by atoms with Crippen LogP contribution >= 0.6 is 27.5 Å². The fourth-order valence-corrected chi connectivity index (χ4v) is 2.15. The van der Waals surface area contributed by atoms with Gasteiger partial charge in [-0.2, -0.15) is 0 Å². The Morgan fingerprint density at radius 3 is 2.48 bits per heavy atom. The Balaban J connectivity index is 1.69. The van der Waals surface area contributed by atoms with E-state index in [9.17, 15) is 5.11 Å². The van der Waals surface area contributed by atoms with Gasteiger partial charge in [0.2, 0.25) is 0 Å². The number of benzene rings is 2. The van der Waals surface area contributed by atoms with Gasteiger partial charge in [-0.1, -0.05) is 45.7 Å². The normalized spacial score (nSPS) is 12.1. The van der Waals surface area contributed by atoms with Gasteiger partial charge in [-0.25, -0.2) is 0 Å². The molecule has 0 aliphatic carbocycles. The van der Waals surface area contributed by atoms with Crippen molar-refractivity contribution in [3.8, 4) is 5.75 Å². The quantitative estimate of drug-likeness (QED) is 0.798. The van der Waals surface area contributed by atoms with Crippen molar-refractivity contribution in [2.45, 2.75) is 12.7 Å².